The van der Waals surface area contributed by atoms with Crippen LogP contribution >= 0.6 is 0 Å². The maximum atomic E-state index is 12.9. The molecule has 0 aliphatic carbocycles. The molecule has 30 heavy (non-hydrogen) atoms. The molecule has 3 N–H and O–H groups in total. The van der Waals surface area contributed by atoms with Crippen LogP contribution in [-0.4, -0.2) is 51.9 Å². The lowest BCUT2D eigenvalue weighted by molar-refractivity contribution is -0.137. The molecule has 1 aliphatic heterocycles. The first kappa shape index (κ1) is 21.5. The molecule has 1 aliphatic rings. The molecule has 0 saturated carbocycles. The van der Waals surface area contributed by atoms with Gasteiger partial charge in [0.05, 0.1) is 6.54 Å². The molecule has 2 aromatic rings. The zero-order chi connectivity index (χ0) is 21.5. The molecule has 0 unspecified atom stereocenters. The van der Waals surface area contributed by atoms with Crippen LogP contribution < -0.4 is 21.9 Å². The fraction of sp³-hybridized carbons (Fsp3) is 0.429. The number of aromatic nitrogens is 2. The monoisotopic (exact) mass is 413 g/mol. The number of benzene rings is 1. The molecule has 1 atom stereocenters. The maximum Gasteiger partial charge on any atom is 0.328 e. The summed E-state index contributed by atoms with van der Waals surface area (Å²) >= 11 is 0. The van der Waals surface area contributed by atoms with Crippen LogP contribution in [0.25, 0.3) is 0 Å². The van der Waals surface area contributed by atoms with Crippen LogP contribution in [0.3, 0.4) is 0 Å². The summed E-state index contributed by atoms with van der Waals surface area (Å²) in [6.45, 7) is 2.87. The largest absolute Gasteiger partial charge is 0.350 e. The third-order valence-corrected chi connectivity index (χ3v) is 5.12. The van der Waals surface area contributed by atoms with Crippen LogP contribution in [0, 0.1) is 6.92 Å². The van der Waals surface area contributed by atoms with Crippen LogP contribution in [0.5, 0.6) is 0 Å². The van der Waals surface area contributed by atoms with E-state index in [9.17, 15) is 19.2 Å². The minimum absolute atomic E-state index is 0.0963. The highest BCUT2D eigenvalue weighted by Crippen LogP contribution is 2.08. The SMILES string of the molecule is Cc1cn(CC(=O)N(CC(=O)NCc2ccccc2)C[C@@H]2CCCN2)c(=O)[nH]c1=O. The normalized spacial score (nSPS) is 15.7. The van der Waals surface area contributed by atoms with E-state index in [1.807, 2.05) is 30.3 Å². The van der Waals surface area contributed by atoms with Gasteiger partial charge in [-0.25, -0.2) is 4.79 Å². The van der Waals surface area contributed by atoms with Gasteiger partial charge in [-0.3, -0.25) is 23.9 Å². The molecular formula is C21H27N5O4. The second-order valence-corrected chi connectivity index (χ2v) is 7.53. The molecule has 1 fully saturated rings. The van der Waals surface area contributed by atoms with Gasteiger partial charge in [0, 0.05) is 30.9 Å². The van der Waals surface area contributed by atoms with Crippen LogP contribution in [0.1, 0.15) is 24.0 Å². The van der Waals surface area contributed by atoms with Gasteiger partial charge in [-0.05, 0) is 31.9 Å². The van der Waals surface area contributed by atoms with Crippen molar-refractivity contribution in [1.82, 2.24) is 25.1 Å². The second-order valence-electron chi connectivity index (χ2n) is 7.53. The Labute approximate surface area is 174 Å². The Morgan fingerprint density at radius 3 is 2.70 bits per heavy atom. The summed E-state index contributed by atoms with van der Waals surface area (Å²) in [7, 11) is 0. The fourth-order valence-electron chi connectivity index (χ4n) is 3.44. The summed E-state index contributed by atoms with van der Waals surface area (Å²) in [5, 5.41) is 6.16. The highest BCUT2D eigenvalue weighted by atomic mass is 16.2. The standard InChI is InChI=1S/C21H27N5O4/c1-15-11-26(21(30)24-20(15)29)14-19(28)25(12-17-8-5-9-22-17)13-18(27)23-10-16-6-3-2-4-7-16/h2-4,6-7,11,17,22H,5,8-10,12-14H2,1H3,(H,23,27)(H,24,29,30)/t17-/m0/s1. The molecule has 9 heteroatoms. The molecule has 9 nitrogen and oxygen atoms in total. The van der Waals surface area contributed by atoms with E-state index in [0.717, 1.165) is 29.5 Å². The third-order valence-electron chi connectivity index (χ3n) is 5.12. The van der Waals surface area contributed by atoms with Gasteiger partial charge in [0.25, 0.3) is 5.56 Å². The molecule has 0 radical (unpaired) electrons. The number of carbonyl (C=O) groups is 2. The van der Waals surface area contributed by atoms with E-state index in [4.69, 9.17) is 0 Å². The first-order valence-electron chi connectivity index (χ1n) is 10.0. The van der Waals surface area contributed by atoms with Gasteiger partial charge in [-0.15, -0.1) is 0 Å². The van der Waals surface area contributed by atoms with Crippen molar-refractivity contribution in [2.24, 2.45) is 0 Å². The van der Waals surface area contributed by atoms with Gasteiger partial charge in [0.1, 0.15) is 6.54 Å². The van der Waals surface area contributed by atoms with Crippen molar-refractivity contribution >= 4 is 11.8 Å². The lowest BCUT2D eigenvalue weighted by Crippen LogP contribution is -2.48. The number of nitrogens with zero attached hydrogens (tertiary/aromatic N) is 2. The van der Waals surface area contributed by atoms with Crippen LogP contribution in [0.2, 0.25) is 0 Å². The Kier molecular flexibility index (Phi) is 7.18. The summed E-state index contributed by atoms with van der Waals surface area (Å²) in [6, 6.07) is 9.64. The Hall–Kier alpha value is -3.20. The number of hydrogen-bond acceptors (Lipinski definition) is 5. The van der Waals surface area contributed by atoms with Gasteiger partial charge in [-0.1, -0.05) is 30.3 Å². The number of hydrogen-bond donors (Lipinski definition) is 3. The van der Waals surface area contributed by atoms with E-state index in [1.54, 1.807) is 6.92 Å². The molecular weight excluding hydrogens is 386 g/mol. The van der Waals surface area contributed by atoms with E-state index in [0.29, 0.717) is 18.7 Å². The van der Waals surface area contributed by atoms with Crippen molar-refractivity contribution in [3.63, 3.8) is 0 Å². The fourth-order valence-corrected chi connectivity index (χ4v) is 3.44. The predicted molar refractivity (Wildman–Crippen MR) is 112 cm³/mol. The lowest BCUT2D eigenvalue weighted by Gasteiger charge is -2.26. The highest BCUT2D eigenvalue weighted by molar-refractivity contribution is 5.84. The molecule has 1 aromatic heterocycles. The summed E-state index contributed by atoms with van der Waals surface area (Å²) in [5.41, 5.74) is 0.186. The Balaban J connectivity index is 1.67. The van der Waals surface area contributed by atoms with Gasteiger partial charge in [0.15, 0.2) is 0 Å². The summed E-state index contributed by atoms with van der Waals surface area (Å²) < 4.78 is 1.16. The van der Waals surface area contributed by atoms with Gasteiger partial charge >= 0.3 is 5.69 Å². The van der Waals surface area contributed by atoms with Gasteiger partial charge in [-0.2, -0.15) is 0 Å². The molecule has 0 bridgehead atoms. The van der Waals surface area contributed by atoms with E-state index < -0.39 is 11.2 Å². The minimum atomic E-state index is -0.647. The number of aromatic amines is 1. The first-order valence-corrected chi connectivity index (χ1v) is 10.0. The van der Waals surface area contributed by atoms with Crippen molar-refractivity contribution in [3.8, 4) is 0 Å². The molecule has 2 heterocycles. The number of H-pyrrole nitrogens is 1. The Bertz CT molecular complexity index is 992. The zero-order valence-corrected chi connectivity index (χ0v) is 17.0. The highest BCUT2D eigenvalue weighted by Gasteiger charge is 2.24. The molecule has 1 saturated heterocycles. The first-order chi connectivity index (χ1) is 14.4. The van der Waals surface area contributed by atoms with E-state index in [1.165, 1.54) is 11.1 Å². The van der Waals surface area contributed by atoms with Crippen LogP contribution in [-0.2, 0) is 22.7 Å². The van der Waals surface area contributed by atoms with Crippen molar-refractivity contribution in [1.29, 1.82) is 0 Å². The number of rotatable bonds is 8. The number of aryl methyl sites for hydroxylation is 1. The average Bonchev–Trinajstić information content (AvgIpc) is 3.24. The quantitative estimate of drug-likeness (QED) is 0.552. The summed E-state index contributed by atoms with van der Waals surface area (Å²) in [4.78, 5) is 52.6. The molecule has 160 valence electrons. The zero-order valence-electron chi connectivity index (χ0n) is 17.0. The van der Waals surface area contributed by atoms with Crippen LogP contribution in [0.15, 0.2) is 46.1 Å². The smallest absolute Gasteiger partial charge is 0.328 e. The second kappa shape index (κ2) is 10.0. The van der Waals surface area contributed by atoms with E-state index in [2.05, 4.69) is 15.6 Å². The molecule has 2 amide bonds. The van der Waals surface area contributed by atoms with Crippen molar-refractivity contribution in [3.05, 3.63) is 68.5 Å². The maximum absolute atomic E-state index is 12.9. The Morgan fingerprint density at radius 2 is 2.00 bits per heavy atom. The van der Waals surface area contributed by atoms with Crippen molar-refractivity contribution < 1.29 is 9.59 Å². The van der Waals surface area contributed by atoms with Crippen LogP contribution in [0.4, 0.5) is 0 Å². The molecule has 1 aromatic carbocycles. The number of amides is 2. The van der Waals surface area contributed by atoms with E-state index >= 15 is 0 Å². The molecule has 0 spiro atoms. The Morgan fingerprint density at radius 1 is 1.23 bits per heavy atom. The van der Waals surface area contributed by atoms with Crippen molar-refractivity contribution in [2.45, 2.75) is 38.9 Å². The van der Waals surface area contributed by atoms with Gasteiger partial charge < -0.3 is 15.5 Å². The minimum Gasteiger partial charge on any atom is -0.350 e. The topological polar surface area (TPSA) is 116 Å². The number of carbonyl (C=O) groups excluding carboxylic acids is 2. The lowest BCUT2D eigenvalue weighted by atomic mass is 10.2. The number of nitrogens with one attached hydrogen (secondary N) is 3. The summed E-state index contributed by atoms with van der Waals surface area (Å²) in [5.74, 6) is -0.623. The predicted octanol–water partition coefficient (Wildman–Crippen LogP) is -0.258. The average molecular weight is 413 g/mol. The summed E-state index contributed by atoms with van der Waals surface area (Å²) in [6.07, 6.45) is 3.30. The third kappa shape index (κ3) is 5.90. The van der Waals surface area contributed by atoms with E-state index in [-0.39, 0.29) is 30.9 Å². The van der Waals surface area contributed by atoms with Crippen molar-refractivity contribution in [2.75, 3.05) is 19.6 Å². The van der Waals surface area contributed by atoms with Gasteiger partial charge in [0.2, 0.25) is 11.8 Å². The molecule has 3 rings (SSSR count).